The van der Waals surface area contributed by atoms with Crippen molar-refractivity contribution in [2.75, 3.05) is 25.0 Å². The standard InChI is InChI=1S/C12H16IN3O.ClH/c1-9-8-16(7-6-14-9)12(17)15-11-5-3-2-4-10(11)13;/h2-5,9,14H,6-8H2,1H3,(H,15,17);1H. The molecule has 6 heteroatoms. The first kappa shape index (κ1) is 15.5. The predicted molar refractivity (Wildman–Crippen MR) is 84.5 cm³/mol. The fraction of sp³-hybridized carbons (Fsp3) is 0.417. The summed E-state index contributed by atoms with van der Waals surface area (Å²) in [7, 11) is 0. The Morgan fingerprint density at radius 3 is 2.89 bits per heavy atom. The van der Waals surface area contributed by atoms with Gasteiger partial charge >= 0.3 is 6.03 Å². The van der Waals surface area contributed by atoms with E-state index >= 15 is 0 Å². The van der Waals surface area contributed by atoms with Gasteiger partial charge in [-0.25, -0.2) is 4.79 Å². The number of carbonyl (C=O) groups excluding carboxylic acids is 1. The van der Waals surface area contributed by atoms with E-state index in [0.29, 0.717) is 6.04 Å². The molecular formula is C12H17ClIN3O. The summed E-state index contributed by atoms with van der Waals surface area (Å²) in [6.45, 7) is 4.47. The molecule has 1 fully saturated rings. The normalized spacial score (nSPS) is 19.0. The van der Waals surface area contributed by atoms with Crippen LogP contribution in [-0.2, 0) is 0 Å². The van der Waals surface area contributed by atoms with Crippen LogP contribution >= 0.6 is 35.0 Å². The summed E-state index contributed by atoms with van der Waals surface area (Å²) in [5.41, 5.74) is 0.879. The first-order chi connectivity index (χ1) is 8.16. The Bertz CT molecular complexity index is 416. The van der Waals surface area contributed by atoms with E-state index in [4.69, 9.17) is 0 Å². The van der Waals surface area contributed by atoms with Gasteiger partial charge in [-0.3, -0.25) is 0 Å². The van der Waals surface area contributed by atoms with Gasteiger partial charge in [0, 0.05) is 29.2 Å². The van der Waals surface area contributed by atoms with Gasteiger partial charge in [-0.15, -0.1) is 12.4 Å². The molecule has 1 aliphatic heterocycles. The van der Waals surface area contributed by atoms with E-state index in [2.05, 4.69) is 40.1 Å². The van der Waals surface area contributed by atoms with Crippen LogP contribution in [0, 0.1) is 3.57 Å². The molecule has 2 amide bonds. The van der Waals surface area contributed by atoms with Crippen molar-refractivity contribution in [3.63, 3.8) is 0 Å². The lowest BCUT2D eigenvalue weighted by atomic mass is 10.2. The van der Waals surface area contributed by atoms with Crippen molar-refractivity contribution >= 4 is 46.7 Å². The summed E-state index contributed by atoms with van der Waals surface area (Å²) >= 11 is 2.22. The molecule has 0 bridgehead atoms. The molecule has 0 saturated carbocycles. The van der Waals surface area contributed by atoms with Gasteiger partial charge in [0.2, 0.25) is 0 Å². The van der Waals surface area contributed by atoms with Crippen LogP contribution in [0.3, 0.4) is 0 Å². The van der Waals surface area contributed by atoms with Crippen molar-refractivity contribution in [2.24, 2.45) is 0 Å². The number of anilines is 1. The first-order valence-electron chi connectivity index (χ1n) is 5.70. The molecular weight excluding hydrogens is 365 g/mol. The molecule has 1 saturated heterocycles. The van der Waals surface area contributed by atoms with E-state index < -0.39 is 0 Å². The fourth-order valence-corrected chi connectivity index (χ4v) is 2.40. The minimum atomic E-state index is -0.0116. The second-order valence-corrected chi connectivity index (χ2v) is 5.37. The molecule has 0 aliphatic carbocycles. The third kappa shape index (κ3) is 4.00. The maximum atomic E-state index is 12.0. The lowest BCUT2D eigenvalue weighted by molar-refractivity contribution is 0.192. The number of piperazine rings is 1. The van der Waals surface area contributed by atoms with Gasteiger partial charge in [0.15, 0.2) is 0 Å². The molecule has 100 valence electrons. The zero-order valence-electron chi connectivity index (χ0n) is 10.1. The average molecular weight is 382 g/mol. The van der Waals surface area contributed by atoms with Gasteiger partial charge in [0.1, 0.15) is 0 Å². The Balaban J connectivity index is 0.00000162. The average Bonchev–Trinajstić information content (AvgIpc) is 2.32. The van der Waals surface area contributed by atoms with Crippen LogP contribution in [0.2, 0.25) is 0 Å². The van der Waals surface area contributed by atoms with E-state index in [9.17, 15) is 4.79 Å². The van der Waals surface area contributed by atoms with Crippen molar-refractivity contribution in [1.29, 1.82) is 0 Å². The third-order valence-electron chi connectivity index (χ3n) is 2.77. The summed E-state index contributed by atoms with van der Waals surface area (Å²) in [5.74, 6) is 0. The van der Waals surface area contributed by atoms with Crippen molar-refractivity contribution in [1.82, 2.24) is 10.2 Å². The Morgan fingerprint density at radius 1 is 1.50 bits per heavy atom. The summed E-state index contributed by atoms with van der Waals surface area (Å²) in [6.07, 6.45) is 0. The van der Waals surface area contributed by atoms with Crippen LogP contribution in [0.25, 0.3) is 0 Å². The maximum absolute atomic E-state index is 12.0. The molecule has 2 N–H and O–H groups in total. The van der Waals surface area contributed by atoms with E-state index in [1.54, 1.807) is 0 Å². The highest BCUT2D eigenvalue weighted by molar-refractivity contribution is 14.1. The Morgan fingerprint density at radius 2 is 2.22 bits per heavy atom. The summed E-state index contributed by atoms with van der Waals surface area (Å²) in [6, 6.07) is 8.15. The number of hydrogen-bond acceptors (Lipinski definition) is 2. The Hall–Kier alpha value is -0.530. The van der Waals surface area contributed by atoms with Crippen LogP contribution in [0.15, 0.2) is 24.3 Å². The number of para-hydroxylation sites is 1. The predicted octanol–water partition coefficient (Wildman–Crippen LogP) is 2.54. The molecule has 1 heterocycles. The molecule has 1 unspecified atom stereocenters. The summed E-state index contributed by atoms with van der Waals surface area (Å²) < 4.78 is 1.06. The van der Waals surface area contributed by atoms with Crippen LogP contribution in [-0.4, -0.2) is 36.6 Å². The maximum Gasteiger partial charge on any atom is 0.321 e. The lowest BCUT2D eigenvalue weighted by Crippen LogP contribution is -2.52. The molecule has 4 nitrogen and oxygen atoms in total. The molecule has 2 rings (SSSR count). The number of urea groups is 1. The van der Waals surface area contributed by atoms with Crippen LogP contribution in [0.1, 0.15) is 6.92 Å². The highest BCUT2D eigenvalue weighted by Gasteiger charge is 2.20. The van der Waals surface area contributed by atoms with Crippen molar-refractivity contribution in [3.8, 4) is 0 Å². The first-order valence-corrected chi connectivity index (χ1v) is 6.78. The molecule has 1 aromatic rings. The number of nitrogens with one attached hydrogen (secondary N) is 2. The Labute approximate surface area is 127 Å². The molecule has 1 atom stereocenters. The lowest BCUT2D eigenvalue weighted by Gasteiger charge is -2.31. The van der Waals surface area contributed by atoms with E-state index in [1.165, 1.54) is 0 Å². The largest absolute Gasteiger partial charge is 0.322 e. The van der Waals surface area contributed by atoms with E-state index in [1.807, 2.05) is 29.2 Å². The number of amides is 2. The highest BCUT2D eigenvalue weighted by Crippen LogP contribution is 2.17. The van der Waals surface area contributed by atoms with Crippen molar-refractivity contribution in [3.05, 3.63) is 27.8 Å². The number of hydrogen-bond donors (Lipinski definition) is 2. The van der Waals surface area contributed by atoms with Crippen molar-refractivity contribution in [2.45, 2.75) is 13.0 Å². The number of rotatable bonds is 1. The van der Waals surface area contributed by atoms with E-state index in [-0.39, 0.29) is 18.4 Å². The van der Waals surface area contributed by atoms with Crippen molar-refractivity contribution < 1.29 is 4.79 Å². The van der Waals surface area contributed by atoms with Gasteiger partial charge in [-0.05, 0) is 41.6 Å². The smallest absolute Gasteiger partial charge is 0.321 e. The second kappa shape index (κ2) is 7.16. The molecule has 18 heavy (non-hydrogen) atoms. The SMILES string of the molecule is CC1CN(C(=O)Nc2ccccc2I)CCN1.Cl. The number of nitrogens with zero attached hydrogens (tertiary/aromatic N) is 1. The third-order valence-corrected chi connectivity index (χ3v) is 3.71. The van der Waals surface area contributed by atoms with Gasteiger partial charge in [-0.2, -0.15) is 0 Å². The molecule has 0 spiro atoms. The van der Waals surface area contributed by atoms with Crippen LogP contribution in [0.4, 0.5) is 10.5 Å². The highest BCUT2D eigenvalue weighted by atomic mass is 127. The van der Waals surface area contributed by atoms with Gasteiger partial charge < -0.3 is 15.5 Å². The molecule has 0 radical (unpaired) electrons. The zero-order chi connectivity index (χ0) is 12.3. The molecule has 1 aromatic carbocycles. The summed E-state index contributed by atoms with van der Waals surface area (Å²) in [4.78, 5) is 13.9. The van der Waals surface area contributed by atoms with Gasteiger partial charge in [0.05, 0.1) is 5.69 Å². The van der Waals surface area contributed by atoms with E-state index in [0.717, 1.165) is 28.9 Å². The topological polar surface area (TPSA) is 44.4 Å². The zero-order valence-corrected chi connectivity index (χ0v) is 13.1. The quantitative estimate of drug-likeness (QED) is 0.734. The van der Waals surface area contributed by atoms with Gasteiger partial charge in [0.25, 0.3) is 0 Å². The Kier molecular flexibility index (Phi) is 6.17. The number of benzene rings is 1. The van der Waals surface area contributed by atoms with Gasteiger partial charge in [-0.1, -0.05) is 12.1 Å². The number of carbonyl (C=O) groups is 1. The second-order valence-electron chi connectivity index (χ2n) is 4.21. The summed E-state index contributed by atoms with van der Waals surface area (Å²) in [5, 5.41) is 6.27. The number of halogens is 2. The monoisotopic (exact) mass is 381 g/mol. The minimum absolute atomic E-state index is 0. The molecule has 1 aliphatic rings. The van der Waals surface area contributed by atoms with Crippen LogP contribution < -0.4 is 10.6 Å². The molecule has 0 aromatic heterocycles. The minimum Gasteiger partial charge on any atom is -0.322 e. The van der Waals surface area contributed by atoms with Crippen LogP contribution in [0.5, 0.6) is 0 Å². The fourth-order valence-electron chi connectivity index (χ4n) is 1.87.